The van der Waals surface area contributed by atoms with E-state index in [1.165, 1.54) is 0 Å². The van der Waals surface area contributed by atoms with E-state index in [1.807, 2.05) is 6.92 Å². The van der Waals surface area contributed by atoms with Gasteiger partial charge < -0.3 is 14.2 Å². The van der Waals surface area contributed by atoms with Crippen LogP contribution >= 0.6 is 0 Å². The number of hydrogen-bond acceptors (Lipinski definition) is 4. The van der Waals surface area contributed by atoms with Crippen LogP contribution in [0.1, 0.15) is 31.7 Å². The first-order valence-electron chi connectivity index (χ1n) is 6.80. The molecule has 1 aliphatic heterocycles. The van der Waals surface area contributed by atoms with Crippen molar-refractivity contribution in [2.45, 2.75) is 38.9 Å². The summed E-state index contributed by atoms with van der Waals surface area (Å²) in [4.78, 5) is 3.89. The molecule has 19 heavy (non-hydrogen) atoms. The van der Waals surface area contributed by atoms with Crippen LogP contribution in [0.25, 0.3) is 0 Å². The SMILES string of the molecule is CCc1ccnc(OCCOC2CCCCO2)c1F. The molecule has 0 amide bonds. The Morgan fingerprint density at radius 2 is 2.32 bits per heavy atom. The number of nitrogens with zero attached hydrogens (tertiary/aromatic N) is 1. The number of halogens is 1. The summed E-state index contributed by atoms with van der Waals surface area (Å²) in [6.07, 6.45) is 5.17. The fourth-order valence-corrected chi connectivity index (χ4v) is 2.00. The van der Waals surface area contributed by atoms with Gasteiger partial charge in [0.2, 0.25) is 0 Å². The maximum absolute atomic E-state index is 13.8. The fraction of sp³-hybridized carbons (Fsp3) is 0.643. The summed E-state index contributed by atoms with van der Waals surface area (Å²) < 4.78 is 30.0. The van der Waals surface area contributed by atoms with Gasteiger partial charge in [-0.25, -0.2) is 9.37 Å². The molecule has 1 fully saturated rings. The lowest BCUT2D eigenvalue weighted by molar-refractivity contribution is -0.165. The van der Waals surface area contributed by atoms with Crippen LogP contribution in [0.2, 0.25) is 0 Å². The molecule has 5 heteroatoms. The Hall–Kier alpha value is -1.20. The van der Waals surface area contributed by atoms with Gasteiger partial charge in [0, 0.05) is 12.8 Å². The third-order valence-electron chi connectivity index (χ3n) is 3.08. The summed E-state index contributed by atoms with van der Waals surface area (Å²) in [6.45, 7) is 3.30. The molecule has 0 saturated carbocycles. The minimum absolute atomic E-state index is 0.0486. The maximum atomic E-state index is 13.8. The highest BCUT2D eigenvalue weighted by Gasteiger charge is 2.14. The lowest BCUT2D eigenvalue weighted by Crippen LogP contribution is -2.24. The van der Waals surface area contributed by atoms with Crippen molar-refractivity contribution in [2.24, 2.45) is 0 Å². The van der Waals surface area contributed by atoms with Gasteiger partial charge in [0.05, 0.1) is 6.61 Å². The summed E-state index contributed by atoms with van der Waals surface area (Å²) in [5.41, 5.74) is 0.613. The lowest BCUT2D eigenvalue weighted by Gasteiger charge is -2.22. The Bertz CT molecular complexity index is 394. The van der Waals surface area contributed by atoms with Crippen LogP contribution in [0.4, 0.5) is 4.39 Å². The zero-order chi connectivity index (χ0) is 13.5. The summed E-state index contributed by atoms with van der Waals surface area (Å²) in [5, 5.41) is 0. The predicted molar refractivity (Wildman–Crippen MR) is 68.6 cm³/mol. The third kappa shape index (κ3) is 4.14. The molecule has 0 spiro atoms. The van der Waals surface area contributed by atoms with E-state index in [1.54, 1.807) is 12.3 Å². The molecule has 0 N–H and O–H groups in total. The molecule has 0 aliphatic carbocycles. The zero-order valence-corrected chi connectivity index (χ0v) is 11.2. The molecule has 1 aromatic rings. The van der Waals surface area contributed by atoms with Crippen molar-refractivity contribution in [3.8, 4) is 5.88 Å². The average Bonchev–Trinajstić information content (AvgIpc) is 2.46. The zero-order valence-electron chi connectivity index (χ0n) is 11.2. The van der Waals surface area contributed by atoms with Gasteiger partial charge in [0.15, 0.2) is 12.1 Å². The molecule has 0 radical (unpaired) electrons. The summed E-state index contributed by atoms with van der Waals surface area (Å²) >= 11 is 0. The Kier molecular flexibility index (Phi) is 5.54. The summed E-state index contributed by atoms with van der Waals surface area (Å²) in [5.74, 6) is -0.327. The van der Waals surface area contributed by atoms with Gasteiger partial charge in [0.25, 0.3) is 5.88 Å². The van der Waals surface area contributed by atoms with Crippen LogP contribution in [-0.4, -0.2) is 31.1 Å². The molecule has 2 heterocycles. The van der Waals surface area contributed by atoms with Gasteiger partial charge in [-0.2, -0.15) is 0 Å². The summed E-state index contributed by atoms with van der Waals surface area (Å²) in [7, 11) is 0. The van der Waals surface area contributed by atoms with Crippen molar-refractivity contribution in [3.05, 3.63) is 23.6 Å². The van der Waals surface area contributed by atoms with Gasteiger partial charge in [0.1, 0.15) is 6.61 Å². The number of hydrogen-bond donors (Lipinski definition) is 0. The maximum Gasteiger partial charge on any atom is 0.250 e. The smallest absolute Gasteiger partial charge is 0.250 e. The van der Waals surface area contributed by atoms with Crippen molar-refractivity contribution in [3.63, 3.8) is 0 Å². The molecule has 0 bridgehead atoms. The van der Waals surface area contributed by atoms with Crippen LogP contribution < -0.4 is 4.74 Å². The second kappa shape index (κ2) is 7.40. The van der Waals surface area contributed by atoms with Crippen molar-refractivity contribution >= 4 is 0 Å². The van der Waals surface area contributed by atoms with E-state index in [0.29, 0.717) is 18.6 Å². The van der Waals surface area contributed by atoms with E-state index in [9.17, 15) is 4.39 Å². The molecule has 1 atom stereocenters. The van der Waals surface area contributed by atoms with Crippen molar-refractivity contribution < 1.29 is 18.6 Å². The fourth-order valence-electron chi connectivity index (χ4n) is 2.00. The Morgan fingerprint density at radius 1 is 1.42 bits per heavy atom. The molecule has 106 valence electrons. The van der Waals surface area contributed by atoms with Crippen molar-refractivity contribution in [1.82, 2.24) is 4.98 Å². The van der Waals surface area contributed by atoms with Crippen LogP contribution in [0.5, 0.6) is 5.88 Å². The number of ether oxygens (including phenoxy) is 3. The normalized spacial score (nSPS) is 19.4. The molecule has 1 aromatic heterocycles. The standard InChI is InChI=1S/C14H20FNO3/c1-2-11-6-7-16-14(13(11)15)19-10-9-18-12-5-3-4-8-17-12/h6-7,12H,2-5,8-10H2,1H3. The number of aromatic nitrogens is 1. The van der Waals surface area contributed by atoms with E-state index >= 15 is 0 Å². The van der Waals surface area contributed by atoms with Crippen molar-refractivity contribution in [2.75, 3.05) is 19.8 Å². The molecular weight excluding hydrogens is 249 g/mol. The highest BCUT2D eigenvalue weighted by molar-refractivity contribution is 5.23. The molecule has 2 rings (SSSR count). The highest BCUT2D eigenvalue weighted by atomic mass is 19.1. The first-order valence-corrected chi connectivity index (χ1v) is 6.80. The van der Waals surface area contributed by atoms with E-state index in [2.05, 4.69) is 4.98 Å². The molecule has 1 saturated heterocycles. The summed E-state index contributed by atoms with van der Waals surface area (Å²) in [6, 6.07) is 1.66. The highest BCUT2D eigenvalue weighted by Crippen LogP contribution is 2.18. The molecule has 0 aromatic carbocycles. The van der Waals surface area contributed by atoms with Crippen LogP contribution in [0, 0.1) is 5.82 Å². The first-order chi connectivity index (χ1) is 9.31. The molecule has 4 nitrogen and oxygen atoms in total. The van der Waals surface area contributed by atoms with Crippen molar-refractivity contribution in [1.29, 1.82) is 0 Å². The molecular formula is C14H20FNO3. The first kappa shape index (κ1) is 14.2. The number of pyridine rings is 1. The van der Waals surface area contributed by atoms with Gasteiger partial charge in [-0.05, 0) is 37.3 Å². The van der Waals surface area contributed by atoms with Gasteiger partial charge in [-0.1, -0.05) is 6.92 Å². The monoisotopic (exact) mass is 269 g/mol. The second-order valence-electron chi connectivity index (χ2n) is 4.46. The second-order valence-corrected chi connectivity index (χ2v) is 4.46. The number of rotatable bonds is 6. The van der Waals surface area contributed by atoms with Gasteiger partial charge in [-0.15, -0.1) is 0 Å². The lowest BCUT2D eigenvalue weighted by atomic mass is 10.2. The van der Waals surface area contributed by atoms with E-state index in [-0.39, 0.29) is 24.6 Å². The van der Waals surface area contributed by atoms with Crippen LogP contribution in [0.15, 0.2) is 12.3 Å². The molecule has 1 aliphatic rings. The minimum Gasteiger partial charge on any atom is -0.473 e. The Morgan fingerprint density at radius 3 is 3.05 bits per heavy atom. The molecule has 1 unspecified atom stereocenters. The topological polar surface area (TPSA) is 40.6 Å². The van der Waals surface area contributed by atoms with Crippen LogP contribution in [-0.2, 0) is 15.9 Å². The minimum atomic E-state index is -0.376. The number of aryl methyl sites for hydroxylation is 1. The Labute approximate surface area is 112 Å². The van der Waals surface area contributed by atoms with E-state index in [0.717, 1.165) is 25.9 Å². The third-order valence-corrected chi connectivity index (χ3v) is 3.08. The largest absolute Gasteiger partial charge is 0.473 e. The van der Waals surface area contributed by atoms with Gasteiger partial charge in [-0.3, -0.25) is 0 Å². The van der Waals surface area contributed by atoms with E-state index < -0.39 is 0 Å². The Balaban J connectivity index is 1.73. The average molecular weight is 269 g/mol. The van der Waals surface area contributed by atoms with Gasteiger partial charge >= 0.3 is 0 Å². The quantitative estimate of drug-likeness (QED) is 0.744. The predicted octanol–water partition coefficient (Wildman–Crippen LogP) is 2.71. The van der Waals surface area contributed by atoms with Crippen LogP contribution in [0.3, 0.4) is 0 Å². The van der Waals surface area contributed by atoms with E-state index in [4.69, 9.17) is 14.2 Å².